The van der Waals surface area contributed by atoms with Crippen LogP contribution in [-0.2, 0) is 18.6 Å². The van der Waals surface area contributed by atoms with E-state index in [1.807, 2.05) is 16.7 Å². The first-order chi connectivity index (χ1) is 12.7. The van der Waals surface area contributed by atoms with E-state index in [-0.39, 0.29) is 5.56 Å². The number of rotatable bonds is 3. The van der Waals surface area contributed by atoms with Crippen LogP contribution in [0.2, 0.25) is 0 Å². The summed E-state index contributed by atoms with van der Waals surface area (Å²) in [4.78, 5) is 29.1. The Bertz CT molecular complexity index is 1180. The summed E-state index contributed by atoms with van der Waals surface area (Å²) in [5.74, 6) is 1.38. The quantitative estimate of drug-likeness (QED) is 0.381. The third-order valence-electron chi connectivity index (χ3n) is 4.77. The van der Waals surface area contributed by atoms with Gasteiger partial charge in [-0.05, 0) is 30.7 Å². The Balaban J connectivity index is 1.50. The van der Waals surface area contributed by atoms with E-state index < -0.39 is 0 Å². The molecular formula is C18H16N4OS3. The zero-order valence-corrected chi connectivity index (χ0v) is 16.6. The molecule has 1 atom stereocenters. The lowest BCUT2D eigenvalue weighted by atomic mass is 9.89. The molecule has 8 heteroatoms. The maximum atomic E-state index is 12.2. The average Bonchev–Trinajstić information content (AvgIpc) is 3.23. The first-order valence-corrected chi connectivity index (χ1v) is 11.2. The van der Waals surface area contributed by atoms with Gasteiger partial charge in [0, 0.05) is 33.7 Å². The molecule has 4 aromatic heterocycles. The highest BCUT2D eigenvalue weighted by molar-refractivity contribution is 7.98. The molecule has 0 fully saturated rings. The molecule has 0 saturated heterocycles. The maximum absolute atomic E-state index is 12.2. The fourth-order valence-corrected chi connectivity index (χ4v) is 6.53. The highest BCUT2D eigenvalue weighted by Crippen LogP contribution is 2.40. The Morgan fingerprint density at radius 1 is 1.38 bits per heavy atom. The monoisotopic (exact) mass is 400 g/mol. The first kappa shape index (κ1) is 16.4. The van der Waals surface area contributed by atoms with Gasteiger partial charge in [-0.15, -0.1) is 22.7 Å². The highest BCUT2D eigenvalue weighted by atomic mass is 32.2. The number of thiophene rings is 1. The molecule has 4 aromatic rings. The van der Waals surface area contributed by atoms with Crippen LogP contribution in [-0.4, -0.2) is 19.4 Å². The molecule has 5 rings (SSSR count). The summed E-state index contributed by atoms with van der Waals surface area (Å²) in [6.07, 6.45) is 6.90. The van der Waals surface area contributed by atoms with Crippen molar-refractivity contribution in [2.45, 2.75) is 37.0 Å². The van der Waals surface area contributed by atoms with E-state index in [9.17, 15) is 4.79 Å². The number of fused-ring (bicyclic) bond motifs is 4. The minimum atomic E-state index is -0.0263. The van der Waals surface area contributed by atoms with E-state index in [1.165, 1.54) is 33.6 Å². The SMILES string of the molecule is C[C@@H]1CCc2c(sc3ncnc(SCc4cc(=O)n5ccsc5n4)c23)C1. The lowest BCUT2D eigenvalue weighted by Crippen LogP contribution is -2.12. The van der Waals surface area contributed by atoms with Gasteiger partial charge in [0.25, 0.3) is 5.56 Å². The van der Waals surface area contributed by atoms with Crippen LogP contribution in [0.25, 0.3) is 15.2 Å². The molecule has 4 heterocycles. The fraction of sp³-hybridized carbons (Fsp3) is 0.333. The van der Waals surface area contributed by atoms with Gasteiger partial charge in [-0.25, -0.2) is 15.0 Å². The summed E-state index contributed by atoms with van der Waals surface area (Å²) in [6, 6.07) is 1.62. The van der Waals surface area contributed by atoms with Crippen LogP contribution in [0.3, 0.4) is 0 Å². The number of hydrogen-bond acceptors (Lipinski definition) is 7. The van der Waals surface area contributed by atoms with Crippen LogP contribution in [0, 0.1) is 5.92 Å². The van der Waals surface area contributed by atoms with E-state index in [0.29, 0.717) is 5.75 Å². The molecule has 5 nitrogen and oxygen atoms in total. The normalized spacial score (nSPS) is 17.0. The van der Waals surface area contributed by atoms with Crippen molar-refractivity contribution >= 4 is 49.6 Å². The third-order valence-corrected chi connectivity index (χ3v) is 7.71. The van der Waals surface area contributed by atoms with Gasteiger partial charge in [0.2, 0.25) is 0 Å². The van der Waals surface area contributed by atoms with Crippen LogP contribution in [0.15, 0.2) is 33.8 Å². The summed E-state index contributed by atoms with van der Waals surface area (Å²) >= 11 is 4.94. The molecule has 0 saturated carbocycles. The lowest BCUT2D eigenvalue weighted by molar-refractivity contribution is 0.509. The van der Waals surface area contributed by atoms with Gasteiger partial charge in [-0.1, -0.05) is 18.7 Å². The van der Waals surface area contributed by atoms with Gasteiger partial charge in [-0.3, -0.25) is 9.20 Å². The average molecular weight is 401 g/mol. The number of hydrogen-bond donors (Lipinski definition) is 0. The maximum Gasteiger partial charge on any atom is 0.258 e. The second kappa shape index (κ2) is 6.44. The molecule has 0 aromatic carbocycles. The zero-order valence-electron chi connectivity index (χ0n) is 14.1. The van der Waals surface area contributed by atoms with Crippen molar-refractivity contribution in [3.63, 3.8) is 0 Å². The van der Waals surface area contributed by atoms with Gasteiger partial charge in [0.15, 0.2) is 4.96 Å². The predicted molar refractivity (Wildman–Crippen MR) is 108 cm³/mol. The van der Waals surface area contributed by atoms with Gasteiger partial charge in [0.05, 0.1) is 5.69 Å². The van der Waals surface area contributed by atoms with Gasteiger partial charge in [0.1, 0.15) is 16.2 Å². The number of aryl methyl sites for hydroxylation is 1. The van der Waals surface area contributed by atoms with Gasteiger partial charge >= 0.3 is 0 Å². The second-order valence-electron chi connectivity index (χ2n) is 6.64. The molecule has 132 valence electrons. The number of aromatic nitrogens is 4. The summed E-state index contributed by atoms with van der Waals surface area (Å²) in [5.41, 5.74) is 2.21. The van der Waals surface area contributed by atoms with Crippen molar-refractivity contribution in [1.82, 2.24) is 19.4 Å². The van der Waals surface area contributed by atoms with Gasteiger partial charge < -0.3 is 0 Å². The van der Waals surface area contributed by atoms with Crippen LogP contribution in [0.1, 0.15) is 29.5 Å². The van der Waals surface area contributed by atoms with Crippen LogP contribution in [0.5, 0.6) is 0 Å². The van der Waals surface area contributed by atoms with Crippen molar-refractivity contribution in [3.05, 3.63) is 50.5 Å². The molecule has 0 radical (unpaired) electrons. The summed E-state index contributed by atoms with van der Waals surface area (Å²) < 4.78 is 1.58. The molecule has 26 heavy (non-hydrogen) atoms. The van der Waals surface area contributed by atoms with Crippen molar-refractivity contribution in [2.75, 3.05) is 0 Å². The minimum absolute atomic E-state index is 0.0263. The standard InChI is InChI=1S/C18H16N4OS3/c1-10-2-3-12-13(6-10)26-17-15(12)16(19-9-20-17)25-8-11-7-14(23)22-4-5-24-18(22)21-11/h4-5,7,9-10H,2-3,6,8H2,1H3/t10-/m1/s1. The van der Waals surface area contributed by atoms with E-state index in [0.717, 1.165) is 39.3 Å². The third kappa shape index (κ3) is 2.76. The van der Waals surface area contributed by atoms with E-state index in [1.54, 1.807) is 34.8 Å². The molecule has 0 amide bonds. The molecule has 0 bridgehead atoms. The van der Waals surface area contributed by atoms with E-state index in [4.69, 9.17) is 0 Å². The Labute approximate surface area is 162 Å². The topological polar surface area (TPSA) is 60.2 Å². The molecule has 0 unspecified atom stereocenters. The van der Waals surface area contributed by atoms with Crippen LogP contribution >= 0.6 is 34.4 Å². The largest absolute Gasteiger partial charge is 0.269 e. The second-order valence-corrected chi connectivity index (χ2v) is 9.56. The van der Waals surface area contributed by atoms with Crippen molar-refractivity contribution in [3.8, 4) is 0 Å². The Hall–Kier alpha value is -1.77. The lowest BCUT2D eigenvalue weighted by Gasteiger charge is -2.18. The molecule has 0 spiro atoms. The van der Waals surface area contributed by atoms with E-state index in [2.05, 4.69) is 21.9 Å². The van der Waals surface area contributed by atoms with Crippen molar-refractivity contribution in [2.24, 2.45) is 5.92 Å². The highest BCUT2D eigenvalue weighted by Gasteiger charge is 2.23. The molecule has 0 N–H and O–H groups in total. The summed E-state index contributed by atoms with van der Waals surface area (Å²) in [5, 5.41) is 4.11. The Morgan fingerprint density at radius 3 is 3.23 bits per heavy atom. The minimum Gasteiger partial charge on any atom is -0.269 e. The number of nitrogens with zero attached hydrogens (tertiary/aromatic N) is 4. The van der Waals surface area contributed by atoms with Crippen molar-refractivity contribution < 1.29 is 0 Å². The predicted octanol–water partition coefficient (Wildman–Crippen LogP) is 4.18. The van der Waals surface area contributed by atoms with Crippen molar-refractivity contribution in [1.29, 1.82) is 0 Å². The first-order valence-electron chi connectivity index (χ1n) is 8.53. The Kier molecular flexibility index (Phi) is 4.06. The number of thiazole rings is 1. The molecule has 1 aliphatic carbocycles. The molecule has 0 aliphatic heterocycles. The number of thioether (sulfide) groups is 1. The fourth-order valence-electron chi connectivity index (χ4n) is 3.46. The summed E-state index contributed by atoms with van der Waals surface area (Å²) in [6.45, 7) is 2.32. The van der Waals surface area contributed by atoms with Gasteiger partial charge in [-0.2, -0.15) is 0 Å². The van der Waals surface area contributed by atoms with Crippen LogP contribution < -0.4 is 5.56 Å². The van der Waals surface area contributed by atoms with E-state index >= 15 is 0 Å². The summed E-state index contributed by atoms with van der Waals surface area (Å²) in [7, 11) is 0. The molecule has 1 aliphatic rings. The Morgan fingerprint density at radius 2 is 2.31 bits per heavy atom. The zero-order chi connectivity index (χ0) is 17.7. The smallest absolute Gasteiger partial charge is 0.258 e. The molecular weight excluding hydrogens is 384 g/mol. The van der Waals surface area contributed by atoms with Crippen LogP contribution in [0.4, 0.5) is 0 Å².